The highest BCUT2D eigenvalue weighted by molar-refractivity contribution is 7.89. The van der Waals surface area contributed by atoms with Crippen molar-refractivity contribution in [1.82, 2.24) is 0 Å². The predicted octanol–water partition coefficient (Wildman–Crippen LogP) is 2.25. The maximum Gasteiger partial charge on any atom is 0.287 e. The second-order valence-electron chi connectivity index (χ2n) is 6.36. The molecule has 2 heterocycles. The van der Waals surface area contributed by atoms with Crippen molar-refractivity contribution >= 4 is 20.2 Å². The summed E-state index contributed by atoms with van der Waals surface area (Å²) in [5.41, 5.74) is -0.952. The van der Waals surface area contributed by atoms with E-state index in [4.69, 9.17) is 9.78 Å². The summed E-state index contributed by atoms with van der Waals surface area (Å²) in [7, 11) is -8.89. The van der Waals surface area contributed by atoms with E-state index in [0.29, 0.717) is 33.1 Å². The van der Waals surface area contributed by atoms with Crippen LogP contribution in [0.3, 0.4) is 0 Å². The van der Waals surface area contributed by atoms with Crippen LogP contribution in [0.2, 0.25) is 0 Å². The molecule has 0 amide bonds. The molecule has 0 radical (unpaired) electrons. The van der Waals surface area contributed by atoms with Gasteiger partial charge in [-0.05, 0) is 12.2 Å². The third-order valence-corrected chi connectivity index (χ3v) is 5.67. The Hall–Kier alpha value is -2.34. The van der Waals surface area contributed by atoms with Gasteiger partial charge < -0.3 is 0 Å². The van der Waals surface area contributed by atoms with Crippen molar-refractivity contribution in [3.63, 3.8) is 0 Å². The molecule has 0 spiro atoms. The van der Waals surface area contributed by atoms with Crippen LogP contribution in [-0.4, -0.2) is 25.9 Å². The van der Waals surface area contributed by atoms with E-state index < -0.39 is 31.4 Å². The van der Waals surface area contributed by atoms with Gasteiger partial charge in [-0.25, -0.2) is 9.78 Å². The Morgan fingerprint density at radius 1 is 0.643 bits per heavy atom. The molecule has 2 aromatic rings. The van der Waals surface area contributed by atoms with Crippen molar-refractivity contribution in [3.8, 4) is 0 Å². The third kappa shape index (κ3) is 2.91. The highest BCUT2D eigenvalue weighted by Gasteiger charge is 2.57. The summed E-state index contributed by atoms with van der Waals surface area (Å²) >= 11 is 0. The Balaban J connectivity index is 2.07. The van der Waals surface area contributed by atoms with Gasteiger partial charge in [0.05, 0.1) is 10.8 Å². The van der Waals surface area contributed by atoms with Gasteiger partial charge in [-0.15, -0.1) is 0 Å². The zero-order chi connectivity index (χ0) is 20.2. The van der Waals surface area contributed by atoms with Gasteiger partial charge in [0.15, 0.2) is 11.2 Å². The average molecular weight is 422 g/mol. The Labute approximate surface area is 161 Å². The normalized spacial score (nSPS) is 26.5. The molecule has 0 fully saturated rings. The van der Waals surface area contributed by atoms with Crippen LogP contribution in [0.5, 0.6) is 0 Å². The lowest BCUT2D eigenvalue weighted by molar-refractivity contribution is -0.406. The molecule has 2 aliphatic heterocycles. The first-order valence-corrected chi connectivity index (χ1v) is 11.0. The molecule has 8 nitrogen and oxygen atoms in total. The first-order chi connectivity index (χ1) is 13.1. The van der Waals surface area contributed by atoms with E-state index in [0.717, 1.165) is 12.2 Å². The Morgan fingerprint density at radius 2 is 0.929 bits per heavy atom. The number of benzene rings is 2. The van der Waals surface area contributed by atoms with Gasteiger partial charge in [0.2, 0.25) is 0 Å². The van der Waals surface area contributed by atoms with Gasteiger partial charge in [0.1, 0.15) is 0 Å². The van der Waals surface area contributed by atoms with Crippen molar-refractivity contribution in [3.05, 3.63) is 93.8 Å². The topological polar surface area (TPSA) is 127 Å². The van der Waals surface area contributed by atoms with E-state index in [-0.39, 0.29) is 0 Å². The maximum absolute atomic E-state index is 11.3. The fraction of sp³-hybridized carbons (Fsp3) is 0.111. The largest absolute Gasteiger partial charge is 0.287 e. The van der Waals surface area contributed by atoms with E-state index in [2.05, 4.69) is 0 Å². The molecule has 5 rings (SSSR count). The maximum atomic E-state index is 11.3. The molecule has 2 bridgehead atoms. The number of hydrogen-bond donors (Lipinski definition) is 2. The van der Waals surface area contributed by atoms with Gasteiger partial charge in [0.25, 0.3) is 20.2 Å². The van der Waals surface area contributed by atoms with Crippen molar-refractivity contribution in [2.75, 3.05) is 0 Å². The van der Waals surface area contributed by atoms with Crippen LogP contribution >= 0.6 is 0 Å². The van der Waals surface area contributed by atoms with Crippen LogP contribution < -0.4 is 0 Å². The van der Waals surface area contributed by atoms with E-state index in [1.54, 1.807) is 48.5 Å². The third-order valence-electron chi connectivity index (χ3n) is 4.71. The molecule has 1 aliphatic carbocycles. The van der Waals surface area contributed by atoms with Crippen molar-refractivity contribution in [2.45, 2.75) is 11.2 Å². The molecule has 10 heteroatoms. The minimum absolute atomic E-state index is 0.500. The van der Waals surface area contributed by atoms with Crippen molar-refractivity contribution < 1.29 is 35.7 Å². The number of hydrogen-bond acceptors (Lipinski definition) is 6. The van der Waals surface area contributed by atoms with Crippen LogP contribution in [0.1, 0.15) is 22.3 Å². The SMILES string of the molecule is O=S(=O)(O)/C=C/C12OOC(/C=C/S(=O)(=O)O)(c3ccccc31)c1ccccc12. The molecule has 0 unspecified atom stereocenters. The molecule has 0 atom stereocenters. The quantitative estimate of drug-likeness (QED) is 0.567. The molecule has 2 N–H and O–H groups in total. The fourth-order valence-corrected chi connectivity index (χ4v) is 4.37. The minimum atomic E-state index is -4.45. The molecular weight excluding hydrogens is 408 g/mol. The first-order valence-electron chi connectivity index (χ1n) is 7.98. The number of fused-ring (bicyclic) bond motifs is 1. The molecular formula is C18H14O8S2. The van der Waals surface area contributed by atoms with Crippen LogP contribution in [0, 0.1) is 0 Å². The standard InChI is InChI=1S/C18H14O8S2/c19-27(20,21)11-9-17-13-5-1-2-6-14(13)18(26-25-17,10-12-28(22,23)24)16-8-4-3-7-15(16)17/h1-12H,(H,19,20,21)(H,22,23,24)/b11-9+,12-10+. The average Bonchev–Trinajstić information content (AvgIpc) is 2.65. The van der Waals surface area contributed by atoms with Crippen LogP contribution in [0.15, 0.2) is 71.5 Å². The summed E-state index contributed by atoms with van der Waals surface area (Å²) in [5, 5.41) is 1.21. The van der Waals surface area contributed by atoms with E-state index in [1.165, 1.54) is 0 Å². The van der Waals surface area contributed by atoms with Gasteiger partial charge in [-0.3, -0.25) is 9.11 Å². The second kappa shape index (κ2) is 6.08. The molecule has 3 aliphatic rings. The minimum Gasteiger partial charge on any atom is -0.282 e. The van der Waals surface area contributed by atoms with Crippen LogP contribution in [0.25, 0.3) is 0 Å². The molecule has 28 heavy (non-hydrogen) atoms. The molecule has 0 saturated carbocycles. The zero-order valence-corrected chi connectivity index (χ0v) is 15.7. The lowest BCUT2D eigenvalue weighted by Gasteiger charge is -2.51. The summed E-state index contributed by atoms with van der Waals surface area (Å²) in [4.78, 5) is 11.2. The number of rotatable bonds is 4. The van der Waals surface area contributed by atoms with E-state index in [9.17, 15) is 25.9 Å². The van der Waals surface area contributed by atoms with E-state index >= 15 is 0 Å². The predicted molar refractivity (Wildman–Crippen MR) is 98.0 cm³/mol. The monoisotopic (exact) mass is 422 g/mol. The Kier molecular flexibility index (Phi) is 4.12. The van der Waals surface area contributed by atoms with E-state index in [1.807, 2.05) is 0 Å². The second-order valence-corrected chi connectivity index (χ2v) is 8.97. The van der Waals surface area contributed by atoms with Gasteiger partial charge >= 0.3 is 0 Å². The Morgan fingerprint density at radius 3 is 1.18 bits per heavy atom. The highest BCUT2D eigenvalue weighted by Crippen LogP contribution is 2.57. The highest BCUT2D eigenvalue weighted by atomic mass is 32.2. The fourth-order valence-electron chi connectivity index (χ4n) is 3.64. The summed E-state index contributed by atoms with van der Waals surface area (Å²) in [6.45, 7) is 0. The van der Waals surface area contributed by atoms with Gasteiger partial charge in [-0.2, -0.15) is 16.8 Å². The smallest absolute Gasteiger partial charge is 0.282 e. The summed E-state index contributed by atoms with van der Waals surface area (Å²) in [6, 6.07) is 13.5. The molecule has 146 valence electrons. The van der Waals surface area contributed by atoms with Gasteiger partial charge in [0, 0.05) is 22.3 Å². The Bertz CT molecular complexity index is 1080. The van der Waals surface area contributed by atoms with Crippen molar-refractivity contribution in [1.29, 1.82) is 0 Å². The summed E-state index contributed by atoms with van der Waals surface area (Å²) in [6.07, 6.45) is 2.32. The lowest BCUT2D eigenvalue weighted by atomic mass is 9.66. The summed E-state index contributed by atoms with van der Waals surface area (Å²) in [5.74, 6) is 0. The van der Waals surface area contributed by atoms with Crippen LogP contribution in [-0.2, 0) is 41.2 Å². The van der Waals surface area contributed by atoms with Gasteiger partial charge in [-0.1, -0.05) is 48.5 Å². The van der Waals surface area contributed by atoms with Crippen molar-refractivity contribution in [2.24, 2.45) is 0 Å². The zero-order valence-electron chi connectivity index (χ0n) is 14.1. The summed E-state index contributed by atoms with van der Waals surface area (Å²) < 4.78 is 63.6. The molecule has 0 aromatic heterocycles. The molecule has 0 saturated heterocycles. The van der Waals surface area contributed by atoms with Crippen LogP contribution in [0.4, 0.5) is 0 Å². The molecule has 2 aromatic carbocycles. The lowest BCUT2D eigenvalue weighted by Crippen LogP contribution is -2.51. The first kappa shape index (κ1) is 19.0.